The molecular formula is C15H19ClN2O2S. The number of halogens is 1. The number of hydrogen-bond acceptors (Lipinski definition) is 3. The molecular weight excluding hydrogens is 308 g/mol. The topological polar surface area (TPSA) is 52.0 Å². The summed E-state index contributed by atoms with van der Waals surface area (Å²) in [5, 5.41) is 0. The number of nitrogens with zero attached hydrogens (tertiary/aromatic N) is 2. The Morgan fingerprint density at radius 1 is 1.43 bits per heavy atom. The molecule has 0 spiro atoms. The molecule has 2 heterocycles. The first-order chi connectivity index (χ1) is 10.00. The molecule has 1 saturated heterocycles. The van der Waals surface area contributed by atoms with Crippen LogP contribution >= 0.6 is 11.6 Å². The van der Waals surface area contributed by atoms with Crippen LogP contribution in [0.4, 0.5) is 0 Å². The normalized spacial score (nSPS) is 21.7. The molecule has 1 aromatic heterocycles. The lowest BCUT2D eigenvalue weighted by atomic mass is 10.1. The highest BCUT2D eigenvalue weighted by atomic mass is 35.5. The van der Waals surface area contributed by atoms with Crippen LogP contribution in [0.2, 0.25) is 0 Å². The highest BCUT2D eigenvalue weighted by Crippen LogP contribution is 2.29. The summed E-state index contributed by atoms with van der Waals surface area (Å²) in [5.41, 5.74) is 3.10. The van der Waals surface area contributed by atoms with Gasteiger partial charge in [0.25, 0.3) is 0 Å². The van der Waals surface area contributed by atoms with Crippen LogP contribution in [0.15, 0.2) is 18.2 Å². The fraction of sp³-hybridized carbons (Fsp3) is 0.533. The van der Waals surface area contributed by atoms with Gasteiger partial charge in [-0.25, -0.2) is 13.4 Å². The fourth-order valence-corrected chi connectivity index (χ4v) is 4.97. The van der Waals surface area contributed by atoms with Gasteiger partial charge in [0.05, 0.1) is 22.5 Å². The van der Waals surface area contributed by atoms with E-state index in [0.29, 0.717) is 18.1 Å². The standard InChI is InChI=1S/C15H19ClN2O2S/c1-11-4-5-14-13(9-11)17-15(6-7-16)18(14)12-3-2-8-21(19,20)10-12/h4-5,9,12H,2-3,6-8,10H2,1H3. The third-order valence-electron chi connectivity index (χ3n) is 4.04. The molecule has 2 aromatic rings. The van der Waals surface area contributed by atoms with Crippen LogP contribution in [-0.2, 0) is 16.3 Å². The summed E-state index contributed by atoms with van der Waals surface area (Å²) >= 11 is 5.89. The first-order valence-electron chi connectivity index (χ1n) is 7.24. The van der Waals surface area contributed by atoms with Crippen molar-refractivity contribution in [1.29, 1.82) is 0 Å². The highest BCUT2D eigenvalue weighted by molar-refractivity contribution is 7.91. The van der Waals surface area contributed by atoms with Crippen molar-refractivity contribution >= 4 is 32.5 Å². The van der Waals surface area contributed by atoms with E-state index in [4.69, 9.17) is 11.6 Å². The fourth-order valence-electron chi connectivity index (χ4n) is 3.13. The number of benzene rings is 1. The summed E-state index contributed by atoms with van der Waals surface area (Å²) in [6.45, 7) is 2.03. The summed E-state index contributed by atoms with van der Waals surface area (Å²) < 4.78 is 26.0. The van der Waals surface area contributed by atoms with Gasteiger partial charge in [0.1, 0.15) is 5.82 Å². The van der Waals surface area contributed by atoms with E-state index in [1.165, 1.54) is 0 Å². The van der Waals surface area contributed by atoms with E-state index in [0.717, 1.165) is 35.3 Å². The van der Waals surface area contributed by atoms with Gasteiger partial charge in [-0.05, 0) is 37.5 Å². The number of rotatable bonds is 3. The molecule has 1 atom stereocenters. The Labute approximate surface area is 130 Å². The number of hydrogen-bond donors (Lipinski definition) is 0. The van der Waals surface area contributed by atoms with Gasteiger partial charge in [-0.1, -0.05) is 6.07 Å². The molecule has 0 saturated carbocycles. The molecule has 1 aliphatic heterocycles. The average Bonchev–Trinajstić information content (AvgIpc) is 2.75. The van der Waals surface area contributed by atoms with Gasteiger partial charge in [-0.2, -0.15) is 0 Å². The zero-order valence-corrected chi connectivity index (χ0v) is 13.6. The molecule has 0 aliphatic carbocycles. The Bertz CT molecular complexity index is 767. The van der Waals surface area contributed by atoms with Crippen molar-refractivity contribution in [3.05, 3.63) is 29.6 Å². The maximum absolute atomic E-state index is 12.0. The number of sulfone groups is 1. The third-order valence-corrected chi connectivity index (χ3v) is 6.03. The van der Waals surface area contributed by atoms with Gasteiger partial charge < -0.3 is 4.57 Å². The Morgan fingerprint density at radius 3 is 2.95 bits per heavy atom. The van der Waals surface area contributed by atoms with E-state index in [2.05, 4.69) is 9.55 Å². The lowest BCUT2D eigenvalue weighted by molar-refractivity contribution is 0.468. The maximum Gasteiger partial charge on any atom is 0.152 e. The number of aryl methyl sites for hydroxylation is 2. The van der Waals surface area contributed by atoms with Crippen molar-refractivity contribution in [3.8, 4) is 0 Å². The number of imidazole rings is 1. The number of fused-ring (bicyclic) bond motifs is 1. The Kier molecular flexibility index (Phi) is 3.97. The van der Waals surface area contributed by atoms with E-state index in [1.54, 1.807) is 0 Å². The Morgan fingerprint density at radius 2 is 2.24 bits per heavy atom. The van der Waals surface area contributed by atoms with E-state index < -0.39 is 9.84 Å². The molecule has 1 aromatic carbocycles. The van der Waals surface area contributed by atoms with Crippen LogP contribution in [0, 0.1) is 6.92 Å². The first kappa shape index (κ1) is 14.9. The largest absolute Gasteiger partial charge is 0.324 e. The number of aromatic nitrogens is 2. The molecule has 0 amide bonds. The molecule has 114 valence electrons. The van der Waals surface area contributed by atoms with Crippen molar-refractivity contribution in [1.82, 2.24) is 9.55 Å². The second kappa shape index (κ2) is 5.61. The van der Waals surface area contributed by atoms with Gasteiger partial charge in [0, 0.05) is 18.3 Å². The van der Waals surface area contributed by atoms with Gasteiger partial charge in [0.15, 0.2) is 9.84 Å². The number of alkyl halides is 1. The van der Waals surface area contributed by atoms with Gasteiger partial charge in [-0.15, -0.1) is 11.6 Å². The van der Waals surface area contributed by atoms with Crippen LogP contribution in [0.5, 0.6) is 0 Å². The smallest absolute Gasteiger partial charge is 0.152 e. The molecule has 21 heavy (non-hydrogen) atoms. The van der Waals surface area contributed by atoms with Crippen LogP contribution in [0.25, 0.3) is 11.0 Å². The van der Waals surface area contributed by atoms with Crippen molar-refractivity contribution in [2.24, 2.45) is 0 Å². The van der Waals surface area contributed by atoms with Crippen molar-refractivity contribution < 1.29 is 8.42 Å². The summed E-state index contributed by atoms with van der Waals surface area (Å²) in [5.74, 6) is 1.90. The average molecular weight is 327 g/mol. The molecule has 1 fully saturated rings. The van der Waals surface area contributed by atoms with E-state index in [9.17, 15) is 8.42 Å². The van der Waals surface area contributed by atoms with Gasteiger partial charge in [-0.3, -0.25) is 0 Å². The van der Waals surface area contributed by atoms with E-state index in [-0.39, 0.29) is 11.8 Å². The lowest BCUT2D eigenvalue weighted by Gasteiger charge is -2.25. The first-order valence-corrected chi connectivity index (χ1v) is 9.59. The van der Waals surface area contributed by atoms with Crippen LogP contribution in [0.3, 0.4) is 0 Å². The van der Waals surface area contributed by atoms with Gasteiger partial charge in [0.2, 0.25) is 0 Å². The predicted molar refractivity (Wildman–Crippen MR) is 85.8 cm³/mol. The molecule has 1 unspecified atom stereocenters. The lowest BCUT2D eigenvalue weighted by Crippen LogP contribution is -2.28. The van der Waals surface area contributed by atoms with Crippen LogP contribution in [-0.4, -0.2) is 35.4 Å². The summed E-state index contributed by atoms with van der Waals surface area (Å²) in [7, 11) is -2.95. The molecule has 4 nitrogen and oxygen atoms in total. The zero-order valence-electron chi connectivity index (χ0n) is 12.0. The minimum atomic E-state index is -2.95. The highest BCUT2D eigenvalue weighted by Gasteiger charge is 2.28. The van der Waals surface area contributed by atoms with Crippen molar-refractivity contribution in [2.45, 2.75) is 32.2 Å². The molecule has 3 rings (SSSR count). The monoisotopic (exact) mass is 326 g/mol. The second-order valence-corrected chi connectivity index (χ2v) is 8.35. The Balaban J connectivity index is 2.12. The second-order valence-electron chi connectivity index (χ2n) is 5.74. The molecule has 6 heteroatoms. The molecule has 0 bridgehead atoms. The maximum atomic E-state index is 12.0. The van der Waals surface area contributed by atoms with E-state index in [1.807, 2.05) is 25.1 Å². The van der Waals surface area contributed by atoms with E-state index >= 15 is 0 Å². The SMILES string of the molecule is Cc1ccc2c(c1)nc(CCCl)n2C1CCCS(=O)(=O)C1. The van der Waals surface area contributed by atoms with Crippen LogP contribution < -0.4 is 0 Å². The quantitative estimate of drug-likeness (QED) is 0.815. The molecule has 1 aliphatic rings. The molecule has 0 N–H and O–H groups in total. The zero-order chi connectivity index (χ0) is 15.0. The summed E-state index contributed by atoms with van der Waals surface area (Å²) in [6.07, 6.45) is 2.26. The minimum absolute atomic E-state index is 0.0188. The van der Waals surface area contributed by atoms with Crippen LogP contribution in [0.1, 0.15) is 30.3 Å². The predicted octanol–water partition coefficient (Wildman–Crippen LogP) is 2.88. The van der Waals surface area contributed by atoms with Gasteiger partial charge >= 0.3 is 0 Å². The summed E-state index contributed by atoms with van der Waals surface area (Å²) in [4.78, 5) is 4.67. The third kappa shape index (κ3) is 2.94. The van der Waals surface area contributed by atoms with Crippen molar-refractivity contribution in [3.63, 3.8) is 0 Å². The summed E-state index contributed by atoms with van der Waals surface area (Å²) in [6, 6.07) is 6.11. The Hall–Kier alpha value is -1.07. The van der Waals surface area contributed by atoms with Crippen molar-refractivity contribution in [2.75, 3.05) is 17.4 Å². The molecule has 0 radical (unpaired) electrons. The minimum Gasteiger partial charge on any atom is -0.324 e.